The molecule has 0 aromatic heterocycles. The van der Waals surface area contributed by atoms with Crippen molar-refractivity contribution in [2.75, 3.05) is 39.4 Å². The normalized spacial score (nSPS) is 26.5. The van der Waals surface area contributed by atoms with Gasteiger partial charge in [0.25, 0.3) is 0 Å². The molecular formula is C17H28N2O2. The molecule has 118 valence electrons. The van der Waals surface area contributed by atoms with E-state index in [1.165, 1.54) is 19.3 Å². The Labute approximate surface area is 129 Å². The molecule has 0 saturated carbocycles. The molecule has 2 aliphatic heterocycles. The predicted octanol–water partition coefficient (Wildman–Crippen LogP) is 0.543. The van der Waals surface area contributed by atoms with Gasteiger partial charge in [0.1, 0.15) is 0 Å². The average molecular weight is 292 g/mol. The van der Waals surface area contributed by atoms with Crippen LogP contribution in [0.1, 0.15) is 32.1 Å². The standard InChI is InChI=1S/C9H15NO.C8H13NO/c1-2-6-10-7-4-3-5-9(10)8-11;1-2-5-9-6-3-4-8(9)7-10/h1,9,11H,3-8H2;1,8,10H,3-7H2. The minimum Gasteiger partial charge on any atom is -0.395 e. The third kappa shape index (κ3) is 6.08. The zero-order valence-electron chi connectivity index (χ0n) is 12.9. The van der Waals surface area contributed by atoms with Crippen LogP contribution in [0, 0.1) is 24.7 Å². The number of hydrogen-bond donors (Lipinski definition) is 2. The third-order valence-corrected chi connectivity index (χ3v) is 4.26. The molecule has 0 aliphatic carbocycles. The van der Waals surface area contributed by atoms with Crippen molar-refractivity contribution in [1.29, 1.82) is 0 Å². The molecule has 0 amide bonds. The van der Waals surface area contributed by atoms with Gasteiger partial charge in [-0.2, -0.15) is 0 Å². The number of piperidine rings is 1. The number of rotatable bonds is 4. The lowest BCUT2D eigenvalue weighted by atomic mass is 10.0. The van der Waals surface area contributed by atoms with Crippen LogP contribution < -0.4 is 0 Å². The molecule has 2 fully saturated rings. The van der Waals surface area contributed by atoms with E-state index in [-0.39, 0.29) is 13.2 Å². The molecule has 0 radical (unpaired) electrons. The van der Waals surface area contributed by atoms with E-state index in [0.29, 0.717) is 25.2 Å². The van der Waals surface area contributed by atoms with Crippen molar-refractivity contribution < 1.29 is 10.2 Å². The number of nitrogens with zero attached hydrogens (tertiary/aromatic N) is 2. The summed E-state index contributed by atoms with van der Waals surface area (Å²) >= 11 is 0. The van der Waals surface area contributed by atoms with Gasteiger partial charge in [-0.05, 0) is 38.8 Å². The van der Waals surface area contributed by atoms with E-state index in [1.54, 1.807) is 0 Å². The molecule has 2 atom stereocenters. The molecule has 0 aromatic rings. The van der Waals surface area contributed by atoms with Crippen molar-refractivity contribution >= 4 is 0 Å². The molecule has 2 aliphatic rings. The molecule has 21 heavy (non-hydrogen) atoms. The zero-order valence-corrected chi connectivity index (χ0v) is 12.9. The molecule has 2 rings (SSSR count). The number of likely N-dealkylation sites (tertiary alicyclic amines) is 2. The summed E-state index contributed by atoms with van der Waals surface area (Å²) in [5, 5.41) is 17.8. The summed E-state index contributed by atoms with van der Waals surface area (Å²) in [4.78, 5) is 4.34. The average Bonchev–Trinajstić information content (AvgIpc) is 2.97. The van der Waals surface area contributed by atoms with Crippen molar-refractivity contribution in [2.45, 2.75) is 44.2 Å². The maximum Gasteiger partial charge on any atom is 0.0602 e. The Morgan fingerprint density at radius 1 is 0.810 bits per heavy atom. The fourth-order valence-electron chi connectivity index (χ4n) is 3.02. The van der Waals surface area contributed by atoms with Gasteiger partial charge in [-0.3, -0.25) is 9.80 Å². The number of hydrogen-bond acceptors (Lipinski definition) is 4. The van der Waals surface area contributed by atoms with Gasteiger partial charge in [-0.15, -0.1) is 12.8 Å². The van der Waals surface area contributed by atoms with Crippen LogP contribution in [0.4, 0.5) is 0 Å². The summed E-state index contributed by atoms with van der Waals surface area (Å²) in [6.45, 7) is 3.98. The van der Waals surface area contributed by atoms with Crippen molar-refractivity contribution in [3.63, 3.8) is 0 Å². The van der Waals surface area contributed by atoms with Crippen molar-refractivity contribution in [2.24, 2.45) is 0 Å². The second kappa shape index (κ2) is 10.7. The first-order chi connectivity index (χ1) is 10.3. The summed E-state index contributed by atoms with van der Waals surface area (Å²) in [5.41, 5.74) is 0. The first kappa shape index (κ1) is 18.0. The summed E-state index contributed by atoms with van der Waals surface area (Å²) < 4.78 is 0. The summed E-state index contributed by atoms with van der Waals surface area (Å²) in [7, 11) is 0. The number of terminal acetylenes is 2. The van der Waals surface area contributed by atoms with E-state index in [0.717, 1.165) is 25.9 Å². The third-order valence-electron chi connectivity index (χ3n) is 4.26. The van der Waals surface area contributed by atoms with Crippen molar-refractivity contribution in [1.82, 2.24) is 9.80 Å². The van der Waals surface area contributed by atoms with E-state index < -0.39 is 0 Å². The van der Waals surface area contributed by atoms with E-state index in [2.05, 4.69) is 21.6 Å². The van der Waals surface area contributed by atoms with Crippen LogP contribution in [0.15, 0.2) is 0 Å². The van der Waals surface area contributed by atoms with Crippen molar-refractivity contribution in [3.05, 3.63) is 0 Å². The second-order valence-corrected chi connectivity index (χ2v) is 5.66. The van der Waals surface area contributed by atoms with Crippen LogP contribution >= 0.6 is 0 Å². The summed E-state index contributed by atoms with van der Waals surface area (Å²) in [6.07, 6.45) is 16.2. The van der Waals surface area contributed by atoms with Crippen LogP contribution in [-0.2, 0) is 0 Å². The fraction of sp³-hybridized carbons (Fsp3) is 0.765. The molecule has 2 N–H and O–H groups in total. The van der Waals surface area contributed by atoms with Gasteiger partial charge in [0, 0.05) is 12.1 Å². The van der Waals surface area contributed by atoms with Gasteiger partial charge < -0.3 is 10.2 Å². The highest BCUT2D eigenvalue weighted by atomic mass is 16.3. The molecule has 2 saturated heterocycles. The van der Waals surface area contributed by atoms with E-state index >= 15 is 0 Å². The first-order valence-corrected chi connectivity index (χ1v) is 7.83. The van der Waals surface area contributed by atoms with Crippen LogP contribution in [0.2, 0.25) is 0 Å². The molecular weight excluding hydrogens is 264 g/mol. The largest absolute Gasteiger partial charge is 0.395 e. The van der Waals surface area contributed by atoms with E-state index in [4.69, 9.17) is 23.1 Å². The van der Waals surface area contributed by atoms with Gasteiger partial charge in [0.05, 0.1) is 26.3 Å². The Hall–Kier alpha value is -1.04. The molecule has 2 unspecified atom stereocenters. The van der Waals surface area contributed by atoms with Crippen LogP contribution in [0.3, 0.4) is 0 Å². The SMILES string of the molecule is C#CCN1CCCC1CO.C#CCN1CCCCC1CO. The van der Waals surface area contributed by atoms with Gasteiger partial charge in [-0.25, -0.2) is 0 Å². The highest BCUT2D eigenvalue weighted by molar-refractivity contribution is 4.92. The molecule has 0 bridgehead atoms. The minimum absolute atomic E-state index is 0.252. The van der Waals surface area contributed by atoms with Gasteiger partial charge in [0.2, 0.25) is 0 Å². The lowest BCUT2D eigenvalue weighted by molar-refractivity contribution is 0.103. The Morgan fingerprint density at radius 2 is 1.29 bits per heavy atom. The Bertz CT molecular complexity index is 359. The topological polar surface area (TPSA) is 46.9 Å². The Balaban J connectivity index is 0.000000211. The van der Waals surface area contributed by atoms with Gasteiger partial charge in [-0.1, -0.05) is 18.3 Å². The maximum atomic E-state index is 8.98. The highest BCUT2D eigenvalue weighted by Crippen LogP contribution is 2.15. The monoisotopic (exact) mass is 292 g/mol. The summed E-state index contributed by atoms with van der Waals surface area (Å²) in [5.74, 6) is 5.21. The second-order valence-electron chi connectivity index (χ2n) is 5.66. The Kier molecular flexibility index (Phi) is 9.14. The van der Waals surface area contributed by atoms with Gasteiger partial charge in [0.15, 0.2) is 0 Å². The maximum absolute atomic E-state index is 8.98. The van der Waals surface area contributed by atoms with Crippen LogP contribution in [-0.4, -0.2) is 71.5 Å². The minimum atomic E-state index is 0.252. The molecule has 0 spiro atoms. The molecule has 4 heteroatoms. The smallest absolute Gasteiger partial charge is 0.0602 e. The Morgan fingerprint density at radius 3 is 1.76 bits per heavy atom. The number of aliphatic hydroxyl groups excluding tert-OH is 2. The molecule has 0 aromatic carbocycles. The van der Waals surface area contributed by atoms with Crippen LogP contribution in [0.25, 0.3) is 0 Å². The lowest BCUT2D eigenvalue weighted by Gasteiger charge is -2.32. The molecule has 2 heterocycles. The van der Waals surface area contributed by atoms with E-state index in [9.17, 15) is 0 Å². The first-order valence-electron chi connectivity index (χ1n) is 7.83. The lowest BCUT2D eigenvalue weighted by Crippen LogP contribution is -2.41. The van der Waals surface area contributed by atoms with Crippen molar-refractivity contribution in [3.8, 4) is 24.7 Å². The van der Waals surface area contributed by atoms with Gasteiger partial charge >= 0.3 is 0 Å². The fourth-order valence-corrected chi connectivity index (χ4v) is 3.02. The number of aliphatic hydroxyl groups is 2. The molecule has 4 nitrogen and oxygen atoms in total. The quantitative estimate of drug-likeness (QED) is 0.743. The highest BCUT2D eigenvalue weighted by Gasteiger charge is 2.22. The zero-order chi connectivity index (χ0) is 15.5. The summed E-state index contributed by atoms with van der Waals surface area (Å²) in [6, 6.07) is 0.649. The predicted molar refractivity (Wildman–Crippen MR) is 85.6 cm³/mol. The van der Waals surface area contributed by atoms with E-state index in [1.807, 2.05) is 0 Å². The van der Waals surface area contributed by atoms with Crippen LogP contribution in [0.5, 0.6) is 0 Å².